The van der Waals surface area contributed by atoms with Gasteiger partial charge in [-0.05, 0) is 40.2 Å². The van der Waals surface area contributed by atoms with Gasteiger partial charge in [0.2, 0.25) is 5.91 Å². The minimum Gasteiger partial charge on any atom is -0.481 e. The van der Waals surface area contributed by atoms with Gasteiger partial charge in [0.05, 0.1) is 31.0 Å². The van der Waals surface area contributed by atoms with Crippen molar-refractivity contribution < 1.29 is 19.1 Å². The van der Waals surface area contributed by atoms with E-state index in [2.05, 4.69) is 26.6 Å². The summed E-state index contributed by atoms with van der Waals surface area (Å²) in [5.74, 6) is -0.843. The van der Waals surface area contributed by atoms with E-state index in [0.717, 1.165) is 4.47 Å². The number of carbonyl (C=O) groups is 2. The summed E-state index contributed by atoms with van der Waals surface area (Å²) in [5, 5.41) is 14.6. The molecule has 3 N–H and O–H groups in total. The number of rotatable bonds is 7. The van der Waals surface area contributed by atoms with Crippen LogP contribution in [0.3, 0.4) is 0 Å². The molecule has 0 aliphatic carbocycles. The van der Waals surface area contributed by atoms with Crippen LogP contribution in [-0.4, -0.2) is 23.0 Å². The SMILES string of the molecule is O=C(O)CC(NCc1ccco1)C(=O)Nc1ccccc1Br. The highest BCUT2D eigenvalue weighted by Crippen LogP contribution is 2.21. The molecule has 1 unspecified atom stereocenters. The maximum absolute atomic E-state index is 12.3. The average molecular weight is 367 g/mol. The standard InChI is InChI=1S/C15H15BrN2O4/c16-11-5-1-2-6-12(11)18-15(21)13(8-14(19)20)17-9-10-4-3-7-22-10/h1-7,13,17H,8-9H2,(H,18,21)(H,19,20). The highest BCUT2D eigenvalue weighted by Gasteiger charge is 2.22. The van der Waals surface area contributed by atoms with Gasteiger partial charge in [0.25, 0.3) is 0 Å². The molecule has 0 aliphatic rings. The number of furan rings is 1. The molecule has 6 nitrogen and oxygen atoms in total. The first-order valence-corrected chi connectivity index (χ1v) is 7.38. The summed E-state index contributed by atoms with van der Waals surface area (Å²) in [6.45, 7) is 0.272. The molecular formula is C15H15BrN2O4. The number of nitrogens with one attached hydrogen (secondary N) is 2. The third-order valence-electron chi connectivity index (χ3n) is 2.93. The van der Waals surface area contributed by atoms with Crippen LogP contribution >= 0.6 is 15.9 Å². The predicted molar refractivity (Wildman–Crippen MR) is 84.4 cm³/mol. The van der Waals surface area contributed by atoms with E-state index in [-0.39, 0.29) is 13.0 Å². The molecule has 0 fully saturated rings. The third kappa shape index (κ3) is 4.71. The van der Waals surface area contributed by atoms with E-state index in [1.807, 2.05) is 6.07 Å². The molecule has 1 amide bonds. The van der Waals surface area contributed by atoms with Crippen molar-refractivity contribution in [1.29, 1.82) is 0 Å². The van der Waals surface area contributed by atoms with Crippen LogP contribution in [0.2, 0.25) is 0 Å². The van der Waals surface area contributed by atoms with E-state index in [1.165, 1.54) is 6.26 Å². The zero-order chi connectivity index (χ0) is 15.9. The van der Waals surface area contributed by atoms with E-state index in [0.29, 0.717) is 11.4 Å². The summed E-state index contributed by atoms with van der Waals surface area (Å²) in [6.07, 6.45) is 1.20. The molecule has 0 radical (unpaired) electrons. The number of carbonyl (C=O) groups excluding carboxylic acids is 1. The van der Waals surface area contributed by atoms with Crippen molar-refractivity contribution in [2.45, 2.75) is 19.0 Å². The van der Waals surface area contributed by atoms with E-state index in [4.69, 9.17) is 9.52 Å². The molecule has 0 saturated carbocycles. The van der Waals surface area contributed by atoms with Crippen LogP contribution in [-0.2, 0) is 16.1 Å². The molecule has 116 valence electrons. The quantitative estimate of drug-likeness (QED) is 0.700. The first-order valence-electron chi connectivity index (χ1n) is 6.59. The van der Waals surface area contributed by atoms with E-state index in [1.54, 1.807) is 30.3 Å². The molecule has 2 rings (SSSR count). The molecule has 22 heavy (non-hydrogen) atoms. The van der Waals surface area contributed by atoms with E-state index in [9.17, 15) is 9.59 Å². The number of carboxylic acids is 1. The fourth-order valence-corrected chi connectivity index (χ4v) is 2.24. The molecule has 1 atom stereocenters. The second kappa shape index (κ2) is 7.77. The number of halogens is 1. The number of hydrogen-bond acceptors (Lipinski definition) is 4. The Balaban J connectivity index is 2.02. The van der Waals surface area contributed by atoms with Crippen LogP contribution in [0.15, 0.2) is 51.6 Å². The van der Waals surface area contributed by atoms with E-state index < -0.39 is 17.9 Å². The van der Waals surface area contributed by atoms with Crippen molar-refractivity contribution in [3.05, 3.63) is 52.9 Å². The Morgan fingerprint density at radius 3 is 2.64 bits per heavy atom. The monoisotopic (exact) mass is 366 g/mol. The predicted octanol–water partition coefficient (Wildman–Crippen LogP) is 2.61. The molecule has 0 aliphatic heterocycles. The number of aliphatic carboxylic acids is 1. The minimum absolute atomic E-state index is 0.272. The van der Waals surface area contributed by atoms with Gasteiger partial charge in [-0.15, -0.1) is 0 Å². The van der Waals surface area contributed by atoms with Crippen LogP contribution in [0.4, 0.5) is 5.69 Å². The zero-order valence-electron chi connectivity index (χ0n) is 11.6. The Kier molecular flexibility index (Phi) is 5.74. The highest BCUT2D eigenvalue weighted by atomic mass is 79.9. The smallest absolute Gasteiger partial charge is 0.305 e. The molecule has 1 aromatic carbocycles. The van der Waals surface area contributed by atoms with Crippen molar-refractivity contribution in [1.82, 2.24) is 5.32 Å². The highest BCUT2D eigenvalue weighted by molar-refractivity contribution is 9.10. The molecule has 0 spiro atoms. The molecule has 1 heterocycles. The summed E-state index contributed by atoms with van der Waals surface area (Å²) in [6, 6.07) is 9.73. The van der Waals surface area contributed by atoms with Gasteiger partial charge in [0.15, 0.2) is 0 Å². The summed E-state index contributed by atoms with van der Waals surface area (Å²) < 4.78 is 5.88. The van der Waals surface area contributed by atoms with Crippen LogP contribution in [0, 0.1) is 0 Å². The fraction of sp³-hybridized carbons (Fsp3) is 0.200. The maximum Gasteiger partial charge on any atom is 0.305 e. The minimum atomic E-state index is -1.06. The Labute approximate surface area is 135 Å². The number of anilines is 1. The van der Waals surface area contributed by atoms with Gasteiger partial charge < -0.3 is 14.8 Å². The lowest BCUT2D eigenvalue weighted by Gasteiger charge is -2.16. The lowest BCUT2D eigenvalue weighted by atomic mass is 10.1. The zero-order valence-corrected chi connectivity index (χ0v) is 13.2. The van der Waals surface area contributed by atoms with Crippen molar-refractivity contribution in [3.63, 3.8) is 0 Å². The first-order chi connectivity index (χ1) is 10.6. The van der Waals surface area contributed by atoms with Gasteiger partial charge >= 0.3 is 5.97 Å². The lowest BCUT2D eigenvalue weighted by molar-refractivity contribution is -0.139. The Morgan fingerprint density at radius 2 is 2.00 bits per heavy atom. The van der Waals surface area contributed by atoms with Crippen LogP contribution in [0.5, 0.6) is 0 Å². The Hall–Kier alpha value is -2.12. The van der Waals surface area contributed by atoms with Crippen molar-refractivity contribution in [2.24, 2.45) is 0 Å². The summed E-state index contributed by atoms with van der Waals surface area (Å²) in [7, 11) is 0. The number of amides is 1. The number of benzene rings is 1. The van der Waals surface area contributed by atoms with Gasteiger partial charge in [-0.25, -0.2) is 0 Å². The van der Waals surface area contributed by atoms with Gasteiger partial charge in [-0.2, -0.15) is 0 Å². The molecule has 1 aromatic heterocycles. The topological polar surface area (TPSA) is 91.6 Å². The first kappa shape index (κ1) is 16.3. The largest absolute Gasteiger partial charge is 0.481 e. The third-order valence-corrected chi connectivity index (χ3v) is 3.62. The fourth-order valence-electron chi connectivity index (χ4n) is 1.85. The molecular weight excluding hydrogens is 352 g/mol. The summed E-state index contributed by atoms with van der Waals surface area (Å²) in [4.78, 5) is 23.2. The maximum atomic E-state index is 12.3. The normalized spacial score (nSPS) is 11.9. The van der Waals surface area contributed by atoms with Crippen LogP contribution in [0.1, 0.15) is 12.2 Å². The average Bonchev–Trinajstić information content (AvgIpc) is 2.98. The van der Waals surface area contributed by atoms with Crippen LogP contribution < -0.4 is 10.6 Å². The molecule has 0 bridgehead atoms. The summed E-state index contributed by atoms with van der Waals surface area (Å²) >= 11 is 3.33. The molecule has 2 aromatic rings. The summed E-state index contributed by atoms with van der Waals surface area (Å²) in [5.41, 5.74) is 0.586. The Bertz CT molecular complexity index is 643. The van der Waals surface area contributed by atoms with Gasteiger partial charge in [-0.3, -0.25) is 14.9 Å². The van der Waals surface area contributed by atoms with E-state index >= 15 is 0 Å². The van der Waals surface area contributed by atoms with Gasteiger partial charge in [0, 0.05) is 4.47 Å². The van der Waals surface area contributed by atoms with Crippen molar-refractivity contribution in [2.75, 3.05) is 5.32 Å². The second-order valence-corrected chi connectivity index (χ2v) is 5.43. The number of para-hydroxylation sites is 1. The second-order valence-electron chi connectivity index (χ2n) is 4.58. The lowest BCUT2D eigenvalue weighted by Crippen LogP contribution is -2.41. The molecule has 0 saturated heterocycles. The number of hydrogen-bond donors (Lipinski definition) is 3. The molecule has 7 heteroatoms. The van der Waals surface area contributed by atoms with Crippen LogP contribution in [0.25, 0.3) is 0 Å². The van der Waals surface area contributed by atoms with Crippen molar-refractivity contribution >= 4 is 33.5 Å². The van der Waals surface area contributed by atoms with Crippen molar-refractivity contribution in [3.8, 4) is 0 Å². The Morgan fingerprint density at radius 1 is 1.23 bits per heavy atom. The van der Waals surface area contributed by atoms with Gasteiger partial charge in [0.1, 0.15) is 5.76 Å². The number of carboxylic acid groups (broad SMARTS) is 1. The van der Waals surface area contributed by atoms with Gasteiger partial charge in [-0.1, -0.05) is 12.1 Å².